The van der Waals surface area contributed by atoms with Gasteiger partial charge in [0.1, 0.15) is 16.9 Å². The van der Waals surface area contributed by atoms with E-state index < -0.39 is 0 Å². The number of hydrogen-bond donors (Lipinski definition) is 0. The summed E-state index contributed by atoms with van der Waals surface area (Å²) in [6, 6.07) is 14.5. The van der Waals surface area contributed by atoms with E-state index in [-0.39, 0.29) is 0 Å². The van der Waals surface area contributed by atoms with Crippen molar-refractivity contribution in [3.05, 3.63) is 59.5 Å². The maximum Gasteiger partial charge on any atom is 0.215 e. The van der Waals surface area contributed by atoms with Gasteiger partial charge >= 0.3 is 0 Å². The minimum Gasteiger partial charge on any atom is -0.481 e. The highest BCUT2D eigenvalue weighted by atomic mass is 16.5. The molecule has 0 amide bonds. The summed E-state index contributed by atoms with van der Waals surface area (Å²) >= 11 is 0. The van der Waals surface area contributed by atoms with Crippen LogP contribution in [0.25, 0.3) is 16.7 Å². The Morgan fingerprint density at radius 1 is 0.935 bits per heavy atom. The summed E-state index contributed by atoms with van der Waals surface area (Å²) in [5.41, 5.74) is 5.08. The minimum absolute atomic E-state index is 0.589. The SMILES string of the molecule is CCc1nc(C)c2c(N3CCN(Cc4ccccc4)CC3)nc3ccc(OC)nc3n12. The molecule has 0 unspecified atom stereocenters. The third-order valence-corrected chi connectivity index (χ3v) is 6.05. The summed E-state index contributed by atoms with van der Waals surface area (Å²) in [7, 11) is 1.64. The molecule has 160 valence electrons. The molecule has 0 atom stereocenters. The zero-order chi connectivity index (χ0) is 21.4. The van der Waals surface area contributed by atoms with Crippen molar-refractivity contribution in [3.8, 4) is 5.88 Å². The van der Waals surface area contributed by atoms with Gasteiger partial charge in [0.2, 0.25) is 5.88 Å². The van der Waals surface area contributed by atoms with Crippen LogP contribution < -0.4 is 9.64 Å². The lowest BCUT2D eigenvalue weighted by molar-refractivity contribution is 0.249. The zero-order valence-electron chi connectivity index (χ0n) is 18.4. The molecule has 3 aromatic heterocycles. The Kier molecular flexibility index (Phi) is 5.19. The molecule has 1 aromatic carbocycles. The summed E-state index contributed by atoms with van der Waals surface area (Å²) in [6.45, 7) is 9.09. The summed E-state index contributed by atoms with van der Waals surface area (Å²) < 4.78 is 7.54. The molecule has 0 spiro atoms. The highest BCUT2D eigenvalue weighted by Crippen LogP contribution is 2.30. The maximum atomic E-state index is 5.37. The summed E-state index contributed by atoms with van der Waals surface area (Å²) in [5.74, 6) is 2.60. The number of piperazine rings is 1. The number of ether oxygens (including phenoxy) is 1. The molecule has 1 aliphatic heterocycles. The van der Waals surface area contributed by atoms with Crippen LogP contribution in [-0.2, 0) is 13.0 Å². The van der Waals surface area contributed by atoms with E-state index >= 15 is 0 Å². The zero-order valence-corrected chi connectivity index (χ0v) is 18.4. The molecule has 1 aliphatic rings. The first-order valence-electron chi connectivity index (χ1n) is 10.9. The fourth-order valence-electron chi connectivity index (χ4n) is 4.45. The third kappa shape index (κ3) is 3.59. The molecule has 7 nitrogen and oxygen atoms in total. The predicted octanol–water partition coefficient (Wildman–Crippen LogP) is 3.48. The minimum atomic E-state index is 0.589. The normalized spacial score (nSPS) is 15.1. The van der Waals surface area contributed by atoms with E-state index in [1.807, 2.05) is 12.1 Å². The second-order valence-electron chi connectivity index (χ2n) is 8.03. The first-order valence-corrected chi connectivity index (χ1v) is 10.9. The molecular weight excluding hydrogens is 388 g/mol. The van der Waals surface area contributed by atoms with Crippen molar-refractivity contribution in [3.63, 3.8) is 0 Å². The van der Waals surface area contributed by atoms with Crippen LogP contribution in [0.5, 0.6) is 5.88 Å². The molecule has 31 heavy (non-hydrogen) atoms. The van der Waals surface area contributed by atoms with Gasteiger partial charge in [-0.05, 0) is 18.6 Å². The Bertz CT molecular complexity index is 1210. The van der Waals surface area contributed by atoms with Crippen LogP contribution in [0.4, 0.5) is 5.82 Å². The molecule has 0 bridgehead atoms. The Morgan fingerprint density at radius 2 is 1.71 bits per heavy atom. The van der Waals surface area contributed by atoms with Gasteiger partial charge in [-0.2, -0.15) is 4.98 Å². The van der Waals surface area contributed by atoms with E-state index in [9.17, 15) is 0 Å². The number of nitrogens with zero attached hydrogens (tertiary/aromatic N) is 6. The Morgan fingerprint density at radius 3 is 2.42 bits per heavy atom. The van der Waals surface area contributed by atoms with E-state index in [2.05, 4.69) is 58.4 Å². The van der Waals surface area contributed by atoms with Crippen LogP contribution in [0.15, 0.2) is 42.5 Å². The number of rotatable bonds is 5. The van der Waals surface area contributed by atoms with Crippen molar-refractivity contribution in [2.24, 2.45) is 0 Å². The fraction of sp³-hybridized carbons (Fsp3) is 0.375. The Balaban J connectivity index is 1.50. The van der Waals surface area contributed by atoms with E-state index in [1.54, 1.807) is 7.11 Å². The molecule has 4 aromatic rings. The number of methoxy groups -OCH3 is 1. The lowest BCUT2D eigenvalue weighted by Gasteiger charge is -2.35. The highest BCUT2D eigenvalue weighted by Gasteiger charge is 2.24. The topological polar surface area (TPSA) is 58.8 Å². The predicted molar refractivity (Wildman–Crippen MR) is 123 cm³/mol. The lowest BCUT2D eigenvalue weighted by atomic mass is 10.2. The molecule has 0 N–H and O–H groups in total. The number of anilines is 1. The van der Waals surface area contributed by atoms with Crippen LogP contribution in [0.3, 0.4) is 0 Å². The second-order valence-corrected chi connectivity index (χ2v) is 8.03. The third-order valence-electron chi connectivity index (χ3n) is 6.05. The highest BCUT2D eigenvalue weighted by molar-refractivity contribution is 5.84. The number of fused-ring (bicyclic) bond motifs is 3. The van der Waals surface area contributed by atoms with Crippen molar-refractivity contribution in [2.45, 2.75) is 26.8 Å². The van der Waals surface area contributed by atoms with Crippen LogP contribution in [0.2, 0.25) is 0 Å². The first kappa shape index (κ1) is 19.8. The van der Waals surface area contributed by atoms with Crippen molar-refractivity contribution in [1.82, 2.24) is 24.3 Å². The smallest absolute Gasteiger partial charge is 0.215 e. The van der Waals surface area contributed by atoms with Gasteiger partial charge in [-0.15, -0.1) is 0 Å². The van der Waals surface area contributed by atoms with Crippen LogP contribution in [0.1, 0.15) is 24.0 Å². The van der Waals surface area contributed by atoms with Crippen LogP contribution in [0, 0.1) is 6.92 Å². The molecule has 0 radical (unpaired) electrons. The van der Waals surface area contributed by atoms with E-state index in [0.717, 1.165) is 73.2 Å². The summed E-state index contributed by atoms with van der Waals surface area (Å²) in [6.07, 6.45) is 0.831. The van der Waals surface area contributed by atoms with Gasteiger partial charge in [0.25, 0.3) is 0 Å². The average molecular weight is 417 g/mol. The van der Waals surface area contributed by atoms with Gasteiger partial charge in [0.15, 0.2) is 11.5 Å². The van der Waals surface area contributed by atoms with Crippen molar-refractivity contribution in [1.29, 1.82) is 0 Å². The average Bonchev–Trinajstić information content (AvgIpc) is 3.16. The molecule has 0 saturated carbocycles. The van der Waals surface area contributed by atoms with Crippen LogP contribution in [-0.4, -0.2) is 57.5 Å². The van der Waals surface area contributed by atoms with Crippen molar-refractivity contribution in [2.75, 3.05) is 38.2 Å². The number of aryl methyl sites for hydroxylation is 2. The monoisotopic (exact) mass is 416 g/mol. The van der Waals surface area contributed by atoms with Crippen molar-refractivity contribution < 1.29 is 4.74 Å². The van der Waals surface area contributed by atoms with E-state index in [4.69, 9.17) is 19.7 Å². The van der Waals surface area contributed by atoms with Crippen LogP contribution >= 0.6 is 0 Å². The maximum absolute atomic E-state index is 5.37. The van der Waals surface area contributed by atoms with Gasteiger partial charge in [-0.1, -0.05) is 37.3 Å². The fourth-order valence-corrected chi connectivity index (χ4v) is 4.45. The number of imidazole rings is 1. The number of hydrogen-bond acceptors (Lipinski definition) is 6. The molecule has 7 heteroatoms. The number of benzene rings is 1. The van der Waals surface area contributed by atoms with E-state index in [1.165, 1.54) is 5.56 Å². The van der Waals surface area contributed by atoms with Gasteiger partial charge < -0.3 is 9.64 Å². The second kappa shape index (κ2) is 8.15. The number of pyridine rings is 1. The van der Waals surface area contributed by atoms with E-state index in [0.29, 0.717) is 5.88 Å². The van der Waals surface area contributed by atoms with Gasteiger partial charge in [-0.3, -0.25) is 9.30 Å². The first-order chi connectivity index (χ1) is 15.2. The molecule has 5 rings (SSSR count). The largest absolute Gasteiger partial charge is 0.481 e. The molecular formula is C24H28N6O. The Hall–Kier alpha value is -3.19. The summed E-state index contributed by atoms with van der Waals surface area (Å²) in [4.78, 5) is 19.5. The lowest BCUT2D eigenvalue weighted by Crippen LogP contribution is -2.46. The van der Waals surface area contributed by atoms with Gasteiger partial charge in [0, 0.05) is 45.2 Å². The van der Waals surface area contributed by atoms with Crippen molar-refractivity contribution >= 4 is 22.5 Å². The molecule has 1 fully saturated rings. The molecule has 1 saturated heterocycles. The Labute approximate surface area is 182 Å². The quantitative estimate of drug-likeness (QED) is 0.496. The molecule has 4 heterocycles. The van der Waals surface area contributed by atoms with Gasteiger partial charge in [-0.25, -0.2) is 9.97 Å². The molecule has 0 aliphatic carbocycles. The standard InChI is InChI=1S/C24H28N6O/c1-4-20-25-17(2)22-24(26-19-10-11-21(31-3)27-23(19)30(20)22)29-14-12-28(13-15-29)16-18-8-6-5-7-9-18/h5-11H,4,12-16H2,1-3H3. The summed E-state index contributed by atoms with van der Waals surface area (Å²) in [5, 5.41) is 0. The number of aromatic nitrogens is 4. The van der Waals surface area contributed by atoms with Gasteiger partial charge in [0.05, 0.1) is 12.8 Å².